The third-order valence-electron chi connectivity index (χ3n) is 5.06. The van der Waals surface area contributed by atoms with Gasteiger partial charge in [-0.3, -0.25) is 14.4 Å². The molecule has 1 aromatic carbocycles. The normalized spacial score (nSPS) is 14.7. The summed E-state index contributed by atoms with van der Waals surface area (Å²) in [7, 11) is 3.42. The van der Waals surface area contributed by atoms with Crippen molar-refractivity contribution >= 4 is 39.7 Å². The van der Waals surface area contributed by atoms with E-state index >= 15 is 0 Å². The van der Waals surface area contributed by atoms with Crippen molar-refractivity contribution < 1.29 is 9.53 Å². The van der Waals surface area contributed by atoms with E-state index in [2.05, 4.69) is 25.2 Å². The molecule has 0 unspecified atom stereocenters. The van der Waals surface area contributed by atoms with Gasteiger partial charge in [0.05, 0.1) is 30.6 Å². The number of methoxy groups -OCH3 is 1. The standard InChI is InChI=1S/C20H23ClN6O2S/c1-25-19(16(21)12-23-25)15-11-14(3-4-17(15)29-2)24-18(28)13-26-6-8-27(9-7-26)20-22-5-10-30-20/h3-5,10-12H,6-9,13H2,1-2H3,(H,24,28). The van der Waals surface area contributed by atoms with Gasteiger partial charge in [0.15, 0.2) is 5.13 Å². The number of aryl methyl sites for hydroxylation is 1. The van der Waals surface area contributed by atoms with Crippen molar-refractivity contribution in [2.45, 2.75) is 0 Å². The SMILES string of the molecule is COc1ccc(NC(=O)CN2CCN(c3nccs3)CC2)cc1-c1c(Cl)cnn1C. The largest absolute Gasteiger partial charge is 0.496 e. The van der Waals surface area contributed by atoms with Crippen LogP contribution in [0.15, 0.2) is 36.0 Å². The van der Waals surface area contributed by atoms with Gasteiger partial charge in [-0.15, -0.1) is 11.3 Å². The predicted octanol–water partition coefficient (Wildman–Crippen LogP) is 2.97. The second-order valence-corrected chi connectivity index (χ2v) is 8.29. The monoisotopic (exact) mass is 446 g/mol. The van der Waals surface area contributed by atoms with Gasteiger partial charge in [-0.1, -0.05) is 11.6 Å². The Bertz CT molecular complexity index is 995. The Kier molecular flexibility index (Phi) is 6.21. The van der Waals surface area contributed by atoms with Crippen LogP contribution in [0.25, 0.3) is 11.3 Å². The van der Waals surface area contributed by atoms with Crippen LogP contribution < -0.4 is 15.0 Å². The molecule has 0 spiro atoms. The molecule has 1 aliphatic heterocycles. The number of carbonyl (C=O) groups is 1. The summed E-state index contributed by atoms with van der Waals surface area (Å²) >= 11 is 7.95. The molecule has 30 heavy (non-hydrogen) atoms. The van der Waals surface area contributed by atoms with Crippen LogP contribution in [0.5, 0.6) is 5.75 Å². The first-order valence-corrected chi connectivity index (χ1v) is 10.8. The Morgan fingerprint density at radius 1 is 1.30 bits per heavy atom. The molecule has 0 radical (unpaired) electrons. The van der Waals surface area contributed by atoms with Gasteiger partial charge >= 0.3 is 0 Å². The van der Waals surface area contributed by atoms with Crippen molar-refractivity contribution in [1.82, 2.24) is 19.7 Å². The van der Waals surface area contributed by atoms with Crippen molar-refractivity contribution in [3.63, 3.8) is 0 Å². The third kappa shape index (κ3) is 4.43. The number of thiazole rings is 1. The highest BCUT2D eigenvalue weighted by Crippen LogP contribution is 2.36. The second-order valence-electron chi connectivity index (χ2n) is 7.01. The van der Waals surface area contributed by atoms with Gasteiger partial charge in [-0.25, -0.2) is 4.98 Å². The van der Waals surface area contributed by atoms with Gasteiger partial charge in [0.1, 0.15) is 5.75 Å². The highest BCUT2D eigenvalue weighted by Gasteiger charge is 2.21. The van der Waals surface area contributed by atoms with Crippen LogP contribution >= 0.6 is 22.9 Å². The number of piperazine rings is 1. The molecule has 1 saturated heterocycles. The number of hydrogen-bond donors (Lipinski definition) is 1. The van der Waals surface area contributed by atoms with Gasteiger partial charge in [0.2, 0.25) is 5.91 Å². The van der Waals surface area contributed by atoms with E-state index in [0.717, 1.165) is 42.6 Å². The van der Waals surface area contributed by atoms with Crippen molar-refractivity contribution in [3.05, 3.63) is 41.0 Å². The summed E-state index contributed by atoms with van der Waals surface area (Å²) in [4.78, 5) is 21.4. The van der Waals surface area contributed by atoms with Crippen LogP contribution in [-0.4, -0.2) is 65.4 Å². The van der Waals surface area contributed by atoms with E-state index in [4.69, 9.17) is 16.3 Å². The highest BCUT2D eigenvalue weighted by atomic mass is 35.5. The number of halogens is 1. The molecule has 158 valence electrons. The Labute approximate surface area is 184 Å². The first kappa shape index (κ1) is 20.6. The van der Waals surface area contributed by atoms with Crippen LogP contribution in [0.1, 0.15) is 0 Å². The number of nitrogens with one attached hydrogen (secondary N) is 1. The fraction of sp³-hybridized carbons (Fsp3) is 0.350. The number of ether oxygens (including phenoxy) is 1. The van der Waals surface area contributed by atoms with Crippen LogP contribution in [0.2, 0.25) is 5.02 Å². The van der Waals surface area contributed by atoms with Gasteiger partial charge in [-0.2, -0.15) is 5.10 Å². The average Bonchev–Trinajstić information content (AvgIpc) is 3.38. The Morgan fingerprint density at radius 2 is 2.10 bits per heavy atom. The minimum Gasteiger partial charge on any atom is -0.496 e. The molecule has 4 rings (SSSR count). The van der Waals surface area contributed by atoms with Gasteiger partial charge in [0, 0.05) is 56.1 Å². The lowest BCUT2D eigenvalue weighted by Crippen LogP contribution is -2.48. The molecular weight excluding hydrogens is 424 g/mol. The second kappa shape index (κ2) is 9.03. The zero-order valence-electron chi connectivity index (χ0n) is 16.8. The molecule has 1 fully saturated rings. The van der Waals surface area contributed by atoms with E-state index in [1.807, 2.05) is 36.8 Å². The van der Waals surface area contributed by atoms with E-state index in [1.54, 1.807) is 29.3 Å². The van der Waals surface area contributed by atoms with Crippen LogP contribution in [0, 0.1) is 0 Å². The maximum Gasteiger partial charge on any atom is 0.238 e. The van der Waals surface area contributed by atoms with Crippen LogP contribution in [0.4, 0.5) is 10.8 Å². The summed E-state index contributed by atoms with van der Waals surface area (Å²) in [5, 5.41) is 10.7. The van der Waals surface area contributed by atoms with Crippen molar-refractivity contribution in [3.8, 4) is 17.0 Å². The Morgan fingerprint density at radius 3 is 2.73 bits per heavy atom. The Balaban J connectivity index is 1.40. The molecule has 1 N–H and O–H groups in total. The molecule has 2 aromatic heterocycles. The van der Waals surface area contributed by atoms with E-state index in [9.17, 15) is 4.79 Å². The third-order valence-corrected chi connectivity index (χ3v) is 6.17. The molecule has 1 amide bonds. The van der Waals surface area contributed by atoms with E-state index in [1.165, 1.54) is 0 Å². The van der Waals surface area contributed by atoms with Gasteiger partial charge in [-0.05, 0) is 18.2 Å². The number of rotatable bonds is 6. The number of nitrogens with zero attached hydrogens (tertiary/aromatic N) is 5. The van der Waals surface area contributed by atoms with Crippen molar-refractivity contribution in [2.24, 2.45) is 7.05 Å². The lowest BCUT2D eigenvalue weighted by Gasteiger charge is -2.34. The molecule has 3 aromatic rings. The first-order chi connectivity index (χ1) is 14.5. The minimum atomic E-state index is -0.0510. The summed E-state index contributed by atoms with van der Waals surface area (Å²) in [6.45, 7) is 3.73. The zero-order valence-corrected chi connectivity index (χ0v) is 18.4. The van der Waals surface area contributed by atoms with E-state index < -0.39 is 0 Å². The lowest BCUT2D eigenvalue weighted by molar-refractivity contribution is -0.117. The van der Waals surface area contributed by atoms with Crippen LogP contribution in [0.3, 0.4) is 0 Å². The van der Waals surface area contributed by atoms with Gasteiger partial charge < -0.3 is 15.0 Å². The zero-order chi connectivity index (χ0) is 21.1. The molecule has 0 saturated carbocycles. The average molecular weight is 447 g/mol. The molecule has 0 bridgehead atoms. The molecule has 3 heterocycles. The van der Waals surface area contributed by atoms with E-state index in [0.29, 0.717) is 23.0 Å². The summed E-state index contributed by atoms with van der Waals surface area (Å²) in [6.07, 6.45) is 3.41. The van der Waals surface area contributed by atoms with Crippen LogP contribution in [-0.2, 0) is 11.8 Å². The molecule has 8 nitrogen and oxygen atoms in total. The van der Waals surface area contributed by atoms with Crippen molar-refractivity contribution in [1.29, 1.82) is 0 Å². The summed E-state index contributed by atoms with van der Waals surface area (Å²) < 4.78 is 7.16. The maximum absolute atomic E-state index is 12.6. The Hall–Kier alpha value is -2.62. The first-order valence-electron chi connectivity index (χ1n) is 9.57. The lowest BCUT2D eigenvalue weighted by atomic mass is 10.1. The topological polar surface area (TPSA) is 75.5 Å². The van der Waals surface area contributed by atoms with Gasteiger partial charge in [0.25, 0.3) is 0 Å². The molecular formula is C20H23ClN6O2S. The number of aromatic nitrogens is 3. The minimum absolute atomic E-state index is 0.0510. The summed E-state index contributed by atoms with van der Waals surface area (Å²) in [6, 6.07) is 5.51. The smallest absolute Gasteiger partial charge is 0.238 e. The fourth-order valence-electron chi connectivity index (χ4n) is 3.56. The quantitative estimate of drug-likeness (QED) is 0.627. The summed E-state index contributed by atoms with van der Waals surface area (Å²) in [5.41, 5.74) is 2.20. The number of benzene rings is 1. The number of amides is 1. The van der Waals surface area contributed by atoms with E-state index in [-0.39, 0.29) is 5.91 Å². The predicted molar refractivity (Wildman–Crippen MR) is 120 cm³/mol. The number of hydrogen-bond acceptors (Lipinski definition) is 7. The molecule has 0 atom stereocenters. The van der Waals surface area contributed by atoms with Crippen molar-refractivity contribution in [2.75, 3.05) is 50.1 Å². The molecule has 0 aliphatic carbocycles. The molecule has 1 aliphatic rings. The number of anilines is 2. The summed E-state index contributed by atoms with van der Waals surface area (Å²) in [5.74, 6) is 0.613. The molecule has 10 heteroatoms. The number of carbonyl (C=O) groups excluding carboxylic acids is 1. The highest BCUT2D eigenvalue weighted by molar-refractivity contribution is 7.13. The fourth-order valence-corrected chi connectivity index (χ4v) is 4.52. The maximum atomic E-state index is 12.6.